The third kappa shape index (κ3) is 8.49. The zero-order valence-electron chi connectivity index (χ0n) is 32.5. The molecule has 0 saturated carbocycles. The first kappa shape index (κ1) is 40.9. The average Bonchev–Trinajstić information content (AvgIpc) is 3.47. The first-order valence-corrected chi connectivity index (χ1v) is 22.6. The molecule has 0 bridgehead atoms. The molecule has 1 atom stereocenters. The van der Waals surface area contributed by atoms with Gasteiger partial charge in [-0.05, 0) is 70.5 Å². The summed E-state index contributed by atoms with van der Waals surface area (Å²) in [6.07, 6.45) is 2.75. The lowest BCUT2D eigenvalue weighted by molar-refractivity contribution is 0.0738. The van der Waals surface area contributed by atoms with Crippen LogP contribution < -0.4 is 18.8 Å². The lowest BCUT2D eigenvalue weighted by Crippen LogP contribution is -2.50. The van der Waals surface area contributed by atoms with Gasteiger partial charge >= 0.3 is 6.09 Å². The summed E-state index contributed by atoms with van der Waals surface area (Å²) in [5.74, 6) is 1.21. The number of carbonyl (C=O) groups excluding carboxylic acids is 1. The van der Waals surface area contributed by atoms with Crippen molar-refractivity contribution in [3.8, 4) is 17.2 Å². The quantitative estimate of drug-likeness (QED) is 0.144. The fourth-order valence-electron chi connectivity index (χ4n) is 6.84. The number of carbonyl (C=O) groups is 2. The molecule has 3 rings (SSSR count). The van der Waals surface area contributed by atoms with Crippen molar-refractivity contribution in [3.63, 3.8) is 0 Å². The normalized spacial score (nSPS) is 15.4. The van der Waals surface area contributed by atoms with Crippen LogP contribution >= 0.6 is 0 Å². The van der Waals surface area contributed by atoms with Crippen LogP contribution in [-0.4, -0.2) is 72.1 Å². The van der Waals surface area contributed by atoms with Crippen molar-refractivity contribution >= 4 is 39.9 Å². The van der Waals surface area contributed by atoms with Crippen molar-refractivity contribution in [1.82, 2.24) is 4.90 Å². The molecule has 2 amide bonds. The Labute approximate surface area is 302 Å². The van der Waals surface area contributed by atoms with E-state index in [0.717, 1.165) is 21.8 Å². The van der Waals surface area contributed by atoms with Gasteiger partial charge in [-0.15, -0.1) is 6.58 Å². The van der Waals surface area contributed by atoms with E-state index < -0.39 is 22.7 Å². The van der Waals surface area contributed by atoms with Crippen LogP contribution in [-0.2, 0) is 4.43 Å². The van der Waals surface area contributed by atoms with Crippen LogP contribution in [0.1, 0.15) is 84.7 Å². The van der Waals surface area contributed by atoms with Crippen LogP contribution in [0.4, 0.5) is 10.5 Å². The van der Waals surface area contributed by atoms with Gasteiger partial charge in [-0.1, -0.05) is 80.5 Å². The van der Waals surface area contributed by atoms with E-state index in [9.17, 15) is 14.7 Å². The van der Waals surface area contributed by atoms with Crippen molar-refractivity contribution in [2.45, 2.75) is 110 Å². The molecule has 50 heavy (non-hydrogen) atoms. The Kier molecular flexibility index (Phi) is 13.2. The number of nitrogens with zero attached hydrogens (tertiary/aromatic N) is 2. The van der Waals surface area contributed by atoms with Gasteiger partial charge in [0.15, 0.2) is 14.1 Å². The maximum Gasteiger partial charge on any atom is 0.412 e. The second-order valence-electron chi connectivity index (χ2n) is 15.6. The van der Waals surface area contributed by atoms with Gasteiger partial charge in [0.2, 0.25) is 0 Å². The summed E-state index contributed by atoms with van der Waals surface area (Å²) in [4.78, 5) is 30.5. The monoisotopic (exact) mass is 724 g/mol. The van der Waals surface area contributed by atoms with Gasteiger partial charge in [0.25, 0.3) is 14.2 Å². The Morgan fingerprint density at radius 3 is 2.02 bits per heavy atom. The highest BCUT2D eigenvalue weighted by molar-refractivity contribution is 6.78. The van der Waals surface area contributed by atoms with Gasteiger partial charge in [-0.2, -0.15) is 0 Å². The first-order valence-electron chi connectivity index (χ1n) is 17.6. The zero-order valence-corrected chi connectivity index (χ0v) is 34.5. The first-order chi connectivity index (χ1) is 23.2. The number of benzene rings is 2. The minimum absolute atomic E-state index is 0.0176. The summed E-state index contributed by atoms with van der Waals surface area (Å²) < 4.78 is 25.0. The molecule has 0 spiro atoms. The van der Waals surface area contributed by atoms with E-state index in [1.54, 1.807) is 31.3 Å². The molecule has 1 heterocycles. The van der Waals surface area contributed by atoms with Gasteiger partial charge in [0.1, 0.15) is 11.5 Å². The Bertz CT molecular complexity index is 1520. The van der Waals surface area contributed by atoms with Gasteiger partial charge in [-0.25, -0.2) is 4.79 Å². The van der Waals surface area contributed by atoms with Crippen LogP contribution in [0.25, 0.3) is 5.57 Å². The third-order valence-electron chi connectivity index (χ3n) is 10.6. The lowest BCUT2D eigenvalue weighted by atomic mass is 10.0. The van der Waals surface area contributed by atoms with Crippen molar-refractivity contribution in [3.05, 3.63) is 66.4 Å². The second-order valence-corrected chi connectivity index (χ2v) is 25.8. The van der Waals surface area contributed by atoms with E-state index in [1.807, 2.05) is 30.5 Å². The van der Waals surface area contributed by atoms with Crippen LogP contribution in [0.2, 0.25) is 34.8 Å². The summed E-state index contributed by atoms with van der Waals surface area (Å²) in [6.45, 7) is 28.2. The molecule has 0 aliphatic carbocycles. The number of hydrogen-bond acceptors (Lipinski definition) is 6. The largest absolute Gasteiger partial charge is 0.540 e. The maximum absolute atomic E-state index is 14.9. The summed E-state index contributed by atoms with van der Waals surface area (Å²) >= 11 is 0. The van der Waals surface area contributed by atoms with E-state index in [-0.39, 0.29) is 51.4 Å². The molecule has 1 aliphatic heterocycles. The molecule has 0 saturated heterocycles. The van der Waals surface area contributed by atoms with Crippen LogP contribution in [0.15, 0.2) is 55.3 Å². The molecular weight excluding hydrogens is 665 g/mol. The Morgan fingerprint density at radius 1 is 0.980 bits per heavy atom. The summed E-state index contributed by atoms with van der Waals surface area (Å²) in [7, 11) is -1.48. The predicted molar refractivity (Wildman–Crippen MR) is 209 cm³/mol. The predicted octanol–water partition coefficient (Wildman–Crippen LogP) is 10.2. The Morgan fingerprint density at radius 2 is 1.56 bits per heavy atom. The second kappa shape index (κ2) is 16.2. The molecule has 2 aromatic rings. The number of carboxylic acid groups (broad SMARTS) is 1. The van der Waals surface area contributed by atoms with Crippen LogP contribution in [0, 0.1) is 0 Å². The van der Waals surface area contributed by atoms with Crippen molar-refractivity contribution in [2.75, 3.05) is 32.3 Å². The molecule has 1 N–H and O–H groups in total. The number of amides is 2. The fourth-order valence-corrected chi connectivity index (χ4v) is 13.1. The summed E-state index contributed by atoms with van der Waals surface area (Å²) in [5.41, 5.74) is 3.12. The van der Waals surface area contributed by atoms with E-state index in [4.69, 9.17) is 18.3 Å². The van der Waals surface area contributed by atoms with E-state index >= 15 is 0 Å². The zero-order chi connectivity index (χ0) is 37.8. The molecule has 0 unspecified atom stereocenters. The van der Waals surface area contributed by atoms with Crippen molar-refractivity contribution in [1.29, 1.82) is 0 Å². The third-order valence-corrected chi connectivity index (χ3v) is 21.1. The molecule has 2 aromatic carbocycles. The smallest absolute Gasteiger partial charge is 0.412 e. The summed E-state index contributed by atoms with van der Waals surface area (Å²) in [5, 5.41) is 10.4. The molecule has 1 aliphatic rings. The van der Waals surface area contributed by atoms with Crippen LogP contribution in [0.3, 0.4) is 0 Å². The Hall–Kier alpha value is -3.55. The Balaban J connectivity index is 2.25. The molecule has 9 nitrogen and oxygen atoms in total. The number of anilines is 1. The van der Waals surface area contributed by atoms with Crippen molar-refractivity contribution < 1.29 is 33.0 Å². The van der Waals surface area contributed by atoms with Gasteiger partial charge in [-0.3, -0.25) is 9.69 Å². The van der Waals surface area contributed by atoms with Gasteiger partial charge < -0.3 is 28.3 Å². The molecule has 276 valence electrons. The highest BCUT2D eigenvalue weighted by Crippen LogP contribution is 2.47. The molecule has 0 radical (unpaired) electrons. The number of rotatable bonds is 15. The number of hydrogen-bond donors (Lipinski definition) is 1. The number of methoxy groups -OCH3 is 2. The number of ether oxygens (including phenoxy) is 2. The minimum atomic E-state index is -2.49. The molecular formula is C39H60N2O7Si2. The van der Waals surface area contributed by atoms with E-state index in [1.165, 1.54) is 6.08 Å². The van der Waals surface area contributed by atoms with E-state index in [2.05, 4.69) is 82.0 Å². The van der Waals surface area contributed by atoms with Crippen molar-refractivity contribution in [2.24, 2.45) is 0 Å². The molecule has 0 fully saturated rings. The summed E-state index contributed by atoms with van der Waals surface area (Å²) in [6, 6.07) is 10.8. The highest BCUT2D eigenvalue weighted by Gasteiger charge is 2.48. The fraction of sp³-hybridized carbons (Fsp3) is 0.538. The van der Waals surface area contributed by atoms with Gasteiger partial charge in [0.05, 0.1) is 38.1 Å². The lowest BCUT2D eigenvalue weighted by Gasteiger charge is -2.42. The SMILES string of the molecule is C=CCN(C(=O)O)c1cc(O[Si](C(C)C)(C(C)C)C(C)C)c(OC)cc1C(=O)N1C=C(c2ccc(OC)cc2)C[C@H]1CO[Si](C)(C)C(C)(C)C. The average molecular weight is 725 g/mol. The minimum Gasteiger partial charge on any atom is -0.540 e. The van der Waals surface area contributed by atoms with Crippen LogP contribution in [0.5, 0.6) is 17.2 Å². The standard InChI is InChI=1S/C39H60N2O7Si2/c1-15-20-40(38(43)44)34-23-36(48-50(26(2)3,27(4)5)28(6)7)35(46-12)22-33(34)37(42)41-24-30(29-16-18-32(45-11)19-17-29)21-31(41)25-47-49(13,14)39(8,9)10/h15-19,22-24,26-28,31H,1,20-21,25H2,2-14H3,(H,43,44)/t31-/m0/s1. The van der Waals surface area contributed by atoms with Gasteiger partial charge in [0, 0.05) is 18.8 Å². The molecule has 11 heteroatoms. The topological polar surface area (TPSA) is 97.8 Å². The van der Waals surface area contributed by atoms with E-state index in [0.29, 0.717) is 24.5 Å². The molecule has 0 aromatic heterocycles. The highest BCUT2D eigenvalue weighted by atomic mass is 28.4. The maximum atomic E-state index is 14.9.